The lowest BCUT2D eigenvalue weighted by molar-refractivity contribution is 0.0916. The lowest BCUT2D eigenvalue weighted by Crippen LogP contribution is -2.29. The Kier molecular flexibility index (Phi) is 4.69. The molecule has 0 aliphatic carbocycles. The van der Waals surface area contributed by atoms with E-state index in [0.29, 0.717) is 5.56 Å². The Hall–Kier alpha value is -2.17. The first-order valence-corrected chi connectivity index (χ1v) is 8.85. The van der Waals surface area contributed by atoms with E-state index >= 15 is 0 Å². The van der Waals surface area contributed by atoms with Crippen molar-refractivity contribution in [2.75, 3.05) is 6.54 Å². The molecule has 1 atom stereocenters. The summed E-state index contributed by atoms with van der Waals surface area (Å²) >= 11 is 1.61. The zero-order valence-corrected chi connectivity index (χ0v) is 14.9. The molecule has 0 radical (unpaired) electrons. The molecule has 0 bridgehead atoms. The standard InChI is InChI=1S/C20H21NO2S/c1-12-8-13(2)19(14(3)9-12)20(23)21-10-17(22)16-11-24-18-7-5-4-6-15(16)18/h4-9,11,17,22H,10H2,1-3H3,(H,21,23). The van der Waals surface area contributed by atoms with Gasteiger partial charge >= 0.3 is 0 Å². The van der Waals surface area contributed by atoms with E-state index in [9.17, 15) is 9.90 Å². The lowest BCUT2D eigenvalue weighted by atomic mass is 9.99. The minimum Gasteiger partial charge on any atom is -0.387 e. The second-order valence-electron chi connectivity index (χ2n) is 6.19. The Bertz CT molecular complexity index is 875. The molecular weight excluding hydrogens is 318 g/mol. The number of fused-ring (bicyclic) bond motifs is 1. The van der Waals surface area contributed by atoms with Crippen LogP contribution in [0.2, 0.25) is 0 Å². The van der Waals surface area contributed by atoms with Gasteiger partial charge < -0.3 is 10.4 Å². The maximum Gasteiger partial charge on any atom is 0.251 e. The van der Waals surface area contributed by atoms with E-state index in [4.69, 9.17) is 0 Å². The van der Waals surface area contributed by atoms with Crippen molar-refractivity contribution in [2.45, 2.75) is 26.9 Å². The molecule has 0 aliphatic heterocycles. The van der Waals surface area contributed by atoms with Crippen LogP contribution in [0.15, 0.2) is 41.8 Å². The maximum absolute atomic E-state index is 12.5. The van der Waals surface area contributed by atoms with E-state index in [1.54, 1.807) is 11.3 Å². The van der Waals surface area contributed by atoms with Gasteiger partial charge in [-0.05, 0) is 48.7 Å². The number of benzene rings is 2. The van der Waals surface area contributed by atoms with Gasteiger partial charge in [-0.25, -0.2) is 0 Å². The van der Waals surface area contributed by atoms with Crippen molar-refractivity contribution in [1.82, 2.24) is 5.32 Å². The molecule has 0 saturated heterocycles. The fraction of sp³-hybridized carbons (Fsp3) is 0.250. The molecule has 3 nitrogen and oxygen atoms in total. The van der Waals surface area contributed by atoms with Crippen LogP contribution in [0.3, 0.4) is 0 Å². The summed E-state index contributed by atoms with van der Waals surface area (Å²) in [5.41, 5.74) is 4.63. The van der Waals surface area contributed by atoms with E-state index in [0.717, 1.165) is 32.3 Å². The van der Waals surface area contributed by atoms with Crippen LogP contribution >= 0.6 is 11.3 Å². The smallest absolute Gasteiger partial charge is 0.251 e. The Morgan fingerprint density at radius 1 is 1.17 bits per heavy atom. The Morgan fingerprint density at radius 3 is 2.54 bits per heavy atom. The highest BCUT2D eigenvalue weighted by molar-refractivity contribution is 7.17. The minimum atomic E-state index is -0.712. The fourth-order valence-electron chi connectivity index (χ4n) is 3.18. The van der Waals surface area contributed by atoms with Gasteiger partial charge in [0.25, 0.3) is 5.91 Å². The van der Waals surface area contributed by atoms with Crippen LogP contribution in [-0.4, -0.2) is 17.6 Å². The Morgan fingerprint density at radius 2 is 1.83 bits per heavy atom. The van der Waals surface area contributed by atoms with Crippen molar-refractivity contribution < 1.29 is 9.90 Å². The molecule has 3 rings (SSSR count). The quantitative estimate of drug-likeness (QED) is 0.745. The molecule has 0 saturated carbocycles. The molecule has 2 aromatic carbocycles. The van der Waals surface area contributed by atoms with E-state index < -0.39 is 6.10 Å². The molecule has 0 aliphatic rings. The summed E-state index contributed by atoms with van der Waals surface area (Å²) in [6, 6.07) is 12.0. The van der Waals surface area contributed by atoms with E-state index in [1.807, 2.05) is 62.5 Å². The summed E-state index contributed by atoms with van der Waals surface area (Å²) < 4.78 is 1.14. The van der Waals surface area contributed by atoms with Crippen LogP contribution in [-0.2, 0) is 0 Å². The molecule has 24 heavy (non-hydrogen) atoms. The van der Waals surface area contributed by atoms with Crippen molar-refractivity contribution >= 4 is 27.3 Å². The lowest BCUT2D eigenvalue weighted by Gasteiger charge is -2.14. The van der Waals surface area contributed by atoms with E-state index in [1.165, 1.54) is 0 Å². The zero-order chi connectivity index (χ0) is 17.3. The van der Waals surface area contributed by atoms with Crippen LogP contribution in [0, 0.1) is 20.8 Å². The summed E-state index contributed by atoms with van der Waals surface area (Å²) in [6.07, 6.45) is -0.712. The minimum absolute atomic E-state index is 0.136. The normalized spacial score (nSPS) is 12.3. The number of carbonyl (C=O) groups excluding carboxylic acids is 1. The highest BCUT2D eigenvalue weighted by Crippen LogP contribution is 2.30. The number of carbonyl (C=O) groups is 1. The highest BCUT2D eigenvalue weighted by atomic mass is 32.1. The first-order valence-electron chi connectivity index (χ1n) is 7.97. The van der Waals surface area contributed by atoms with Gasteiger partial charge in [0.05, 0.1) is 6.10 Å². The Labute approximate surface area is 146 Å². The highest BCUT2D eigenvalue weighted by Gasteiger charge is 2.17. The topological polar surface area (TPSA) is 49.3 Å². The first-order chi connectivity index (χ1) is 11.5. The number of thiophene rings is 1. The summed E-state index contributed by atoms with van der Waals surface area (Å²) in [5, 5.41) is 16.4. The average Bonchev–Trinajstić information content (AvgIpc) is 2.95. The van der Waals surface area contributed by atoms with Gasteiger partial charge in [-0.15, -0.1) is 11.3 Å². The molecular formula is C20H21NO2S. The van der Waals surface area contributed by atoms with Gasteiger partial charge in [0.2, 0.25) is 0 Å². The van der Waals surface area contributed by atoms with Crippen LogP contribution < -0.4 is 5.32 Å². The van der Waals surface area contributed by atoms with Crippen molar-refractivity contribution in [2.24, 2.45) is 0 Å². The van der Waals surface area contributed by atoms with Crippen molar-refractivity contribution in [3.63, 3.8) is 0 Å². The summed E-state index contributed by atoms with van der Waals surface area (Å²) in [4.78, 5) is 12.5. The molecule has 1 aromatic heterocycles. The third kappa shape index (κ3) is 3.21. The number of hydrogen-bond acceptors (Lipinski definition) is 3. The van der Waals surface area contributed by atoms with Gasteiger partial charge in [-0.1, -0.05) is 35.9 Å². The molecule has 1 amide bonds. The maximum atomic E-state index is 12.5. The summed E-state index contributed by atoms with van der Waals surface area (Å²) in [6.45, 7) is 6.11. The van der Waals surface area contributed by atoms with Crippen LogP contribution in [0.1, 0.15) is 38.7 Å². The molecule has 0 spiro atoms. The zero-order valence-electron chi connectivity index (χ0n) is 14.1. The van der Waals surface area contributed by atoms with Gasteiger partial charge in [0.1, 0.15) is 0 Å². The monoisotopic (exact) mass is 339 g/mol. The third-order valence-corrected chi connectivity index (χ3v) is 5.21. The van der Waals surface area contributed by atoms with Crippen molar-refractivity contribution in [1.29, 1.82) is 0 Å². The molecule has 2 N–H and O–H groups in total. The first kappa shape index (κ1) is 16.7. The van der Waals surface area contributed by atoms with Gasteiger partial charge in [0.15, 0.2) is 0 Å². The molecule has 4 heteroatoms. The number of hydrogen-bond donors (Lipinski definition) is 2. The number of rotatable bonds is 4. The fourth-order valence-corrected chi connectivity index (χ4v) is 4.19. The number of aliphatic hydroxyl groups excluding tert-OH is 1. The van der Waals surface area contributed by atoms with E-state index in [2.05, 4.69) is 5.32 Å². The summed E-state index contributed by atoms with van der Waals surface area (Å²) in [7, 11) is 0. The number of amides is 1. The molecule has 3 aromatic rings. The van der Waals surface area contributed by atoms with Crippen LogP contribution in [0.5, 0.6) is 0 Å². The Balaban J connectivity index is 1.75. The second kappa shape index (κ2) is 6.75. The average molecular weight is 339 g/mol. The largest absolute Gasteiger partial charge is 0.387 e. The number of nitrogens with one attached hydrogen (secondary N) is 1. The third-order valence-electron chi connectivity index (χ3n) is 4.23. The number of aryl methyl sites for hydroxylation is 3. The molecule has 124 valence electrons. The predicted octanol–water partition coefficient (Wildman–Crippen LogP) is 4.29. The van der Waals surface area contributed by atoms with Gasteiger partial charge in [-0.3, -0.25) is 4.79 Å². The summed E-state index contributed by atoms with van der Waals surface area (Å²) in [5.74, 6) is -0.136. The predicted molar refractivity (Wildman–Crippen MR) is 99.8 cm³/mol. The van der Waals surface area contributed by atoms with E-state index in [-0.39, 0.29) is 12.5 Å². The SMILES string of the molecule is Cc1cc(C)c(C(=O)NCC(O)c2csc3ccccc23)c(C)c1. The van der Waals surface area contributed by atoms with Crippen molar-refractivity contribution in [3.8, 4) is 0 Å². The number of aliphatic hydroxyl groups is 1. The van der Waals surface area contributed by atoms with Gasteiger partial charge in [0, 0.05) is 22.4 Å². The van der Waals surface area contributed by atoms with Crippen LogP contribution in [0.4, 0.5) is 0 Å². The van der Waals surface area contributed by atoms with Gasteiger partial charge in [-0.2, -0.15) is 0 Å². The molecule has 0 fully saturated rings. The van der Waals surface area contributed by atoms with Crippen LogP contribution in [0.25, 0.3) is 10.1 Å². The molecule has 1 heterocycles. The second-order valence-corrected chi connectivity index (χ2v) is 7.10. The molecule has 1 unspecified atom stereocenters. The van der Waals surface area contributed by atoms with Crippen molar-refractivity contribution in [3.05, 3.63) is 69.6 Å².